The van der Waals surface area contributed by atoms with Crippen molar-refractivity contribution in [3.63, 3.8) is 0 Å². The summed E-state index contributed by atoms with van der Waals surface area (Å²) in [6.07, 6.45) is 4.92. The summed E-state index contributed by atoms with van der Waals surface area (Å²) in [6.45, 7) is 2.93. The summed E-state index contributed by atoms with van der Waals surface area (Å²) in [5, 5.41) is 5.92. The first-order valence-electron chi connectivity index (χ1n) is 6.98. The molecule has 1 aromatic carbocycles. The lowest BCUT2D eigenvalue weighted by Gasteiger charge is -2.09. The maximum atomic E-state index is 13.6. The fraction of sp³-hybridized carbons (Fsp3) is 0.333. The third kappa shape index (κ3) is 4.66. The topological polar surface area (TPSA) is 49.8 Å². The average molecular weight is 292 g/mol. The zero-order chi connectivity index (χ0) is 15.1. The summed E-state index contributed by atoms with van der Waals surface area (Å²) < 4.78 is 26.4. The monoisotopic (exact) mass is 292 g/mol. The van der Waals surface area contributed by atoms with Crippen molar-refractivity contribution in [3.05, 3.63) is 42.1 Å². The molecule has 0 radical (unpaired) electrons. The van der Waals surface area contributed by atoms with Crippen molar-refractivity contribution in [2.24, 2.45) is 0 Å². The van der Waals surface area contributed by atoms with Crippen LogP contribution < -0.4 is 10.6 Å². The van der Waals surface area contributed by atoms with E-state index in [0.717, 1.165) is 31.9 Å². The molecule has 0 aliphatic heterocycles. The number of hydrogen-bond acceptors (Lipinski definition) is 4. The van der Waals surface area contributed by atoms with Crippen molar-refractivity contribution in [1.82, 2.24) is 9.97 Å². The third-order valence-corrected chi connectivity index (χ3v) is 2.91. The van der Waals surface area contributed by atoms with Crippen LogP contribution in [0.5, 0.6) is 0 Å². The Morgan fingerprint density at radius 2 is 2.00 bits per heavy atom. The number of rotatable bonds is 7. The van der Waals surface area contributed by atoms with Crippen molar-refractivity contribution in [3.8, 4) is 0 Å². The molecule has 0 spiro atoms. The smallest absolute Gasteiger partial charge is 0.224 e. The number of nitrogens with one attached hydrogen (secondary N) is 2. The first-order valence-corrected chi connectivity index (χ1v) is 6.98. The fourth-order valence-electron chi connectivity index (χ4n) is 1.82. The van der Waals surface area contributed by atoms with Crippen LogP contribution in [0.2, 0.25) is 0 Å². The highest BCUT2D eigenvalue weighted by Gasteiger charge is 2.05. The van der Waals surface area contributed by atoms with Gasteiger partial charge in [-0.1, -0.05) is 19.8 Å². The Hall–Kier alpha value is -2.24. The van der Waals surface area contributed by atoms with Crippen LogP contribution in [-0.4, -0.2) is 16.5 Å². The van der Waals surface area contributed by atoms with Gasteiger partial charge < -0.3 is 10.6 Å². The lowest BCUT2D eigenvalue weighted by molar-refractivity contribution is 0.586. The average Bonchev–Trinajstić information content (AvgIpc) is 2.47. The van der Waals surface area contributed by atoms with Gasteiger partial charge in [0.05, 0.1) is 5.69 Å². The third-order valence-electron chi connectivity index (χ3n) is 2.91. The Kier molecular flexibility index (Phi) is 5.43. The Morgan fingerprint density at radius 3 is 2.76 bits per heavy atom. The molecule has 21 heavy (non-hydrogen) atoms. The maximum absolute atomic E-state index is 13.6. The summed E-state index contributed by atoms with van der Waals surface area (Å²) in [4.78, 5) is 8.33. The molecular weight excluding hydrogens is 274 g/mol. The van der Waals surface area contributed by atoms with E-state index in [1.807, 2.05) is 0 Å². The first-order chi connectivity index (χ1) is 10.2. The fourth-order valence-corrected chi connectivity index (χ4v) is 1.82. The van der Waals surface area contributed by atoms with Crippen LogP contribution in [0.15, 0.2) is 30.5 Å². The van der Waals surface area contributed by atoms with E-state index in [0.29, 0.717) is 11.8 Å². The molecule has 0 saturated carbocycles. The van der Waals surface area contributed by atoms with Crippen molar-refractivity contribution in [1.29, 1.82) is 0 Å². The molecule has 0 fully saturated rings. The van der Waals surface area contributed by atoms with E-state index in [4.69, 9.17) is 0 Å². The molecule has 0 aliphatic rings. The molecule has 0 atom stereocenters. The van der Waals surface area contributed by atoms with Gasteiger partial charge in [0.2, 0.25) is 5.95 Å². The van der Waals surface area contributed by atoms with Gasteiger partial charge in [0.15, 0.2) is 0 Å². The van der Waals surface area contributed by atoms with E-state index in [2.05, 4.69) is 27.5 Å². The molecule has 1 heterocycles. The van der Waals surface area contributed by atoms with Gasteiger partial charge in [-0.15, -0.1) is 0 Å². The molecule has 6 heteroatoms. The highest BCUT2D eigenvalue weighted by Crippen LogP contribution is 2.19. The molecule has 0 unspecified atom stereocenters. The number of hydrogen-bond donors (Lipinski definition) is 2. The minimum Gasteiger partial charge on any atom is -0.354 e. The van der Waals surface area contributed by atoms with Crippen LogP contribution in [0.4, 0.5) is 26.2 Å². The largest absolute Gasteiger partial charge is 0.354 e. The molecular formula is C15H18F2N4. The second-order valence-electron chi connectivity index (χ2n) is 4.65. The minimum atomic E-state index is -0.661. The van der Waals surface area contributed by atoms with Gasteiger partial charge in [-0.2, -0.15) is 4.98 Å². The highest BCUT2D eigenvalue weighted by atomic mass is 19.1. The van der Waals surface area contributed by atoms with Gasteiger partial charge in [-0.3, -0.25) is 0 Å². The van der Waals surface area contributed by atoms with Crippen molar-refractivity contribution in [2.45, 2.75) is 26.2 Å². The van der Waals surface area contributed by atoms with Crippen molar-refractivity contribution in [2.75, 3.05) is 17.2 Å². The Balaban J connectivity index is 2.00. The second-order valence-corrected chi connectivity index (χ2v) is 4.65. The summed E-state index contributed by atoms with van der Waals surface area (Å²) >= 11 is 0. The predicted molar refractivity (Wildman–Crippen MR) is 79.7 cm³/mol. The summed E-state index contributed by atoms with van der Waals surface area (Å²) in [6, 6.07) is 4.98. The van der Waals surface area contributed by atoms with Gasteiger partial charge in [0.1, 0.15) is 17.5 Å². The number of anilines is 3. The first kappa shape index (κ1) is 15.2. The second kappa shape index (κ2) is 7.52. The lowest BCUT2D eigenvalue weighted by atomic mass is 10.2. The summed E-state index contributed by atoms with van der Waals surface area (Å²) in [5.41, 5.74) is 0.173. The van der Waals surface area contributed by atoms with Gasteiger partial charge in [0, 0.05) is 18.8 Å². The zero-order valence-corrected chi connectivity index (χ0v) is 11.9. The predicted octanol–water partition coefficient (Wildman–Crippen LogP) is 4.10. The maximum Gasteiger partial charge on any atom is 0.224 e. The molecule has 1 aromatic heterocycles. The number of halogens is 2. The molecule has 4 nitrogen and oxygen atoms in total. The number of unbranched alkanes of at least 4 members (excludes halogenated alkanes) is 2. The molecule has 2 N–H and O–H groups in total. The summed E-state index contributed by atoms with van der Waals surface area (Å²) in [7, 11) is 0. The molecule has 0 aliphatic carbocycles. The summed E-state index contributed by atoms with van der Waals surface area (Å²) in [5.74, 6) is -0.336. The zero-order valence-electron chi connectivity index (χ0n) is 11.9. The van der Waals surface area contributed by atoms with Crippen LogP contribution in [-0.2, 0) is 0 Å². The molecule has 2 aromatic rings. The normalized spacial score (nSPS) is 10.4. The van der Waals surface area contributed by atoms with Gasteiger partial charge in [0.25, 0.3) is 0 Å². The van der Waals surface area contributed by atoms with E-state index in [1.165, 1.54) is 12.1 Å². The number of nitrogens with zero attached hydrogens (tertiary/aromatic N) is 2. The van der Waals surface area contributed by atoms with Crippen LogP contribution >= 0.6 is 0 Å². The molecule has 112 valence electrons. The van der Waals surface area contributed by atoms with Gasteiger partial charge >= 0.3 is 0 Å². The van der Waals surface area contributed by atoms with Crippen LogP contribution in [0.1, 0.15) is 26.2 Å². The van der Waals surface area contributed by atoms with E-state index in [1.54, 1.807) is 12.3 Å². The van der Waals surface area contributed by atoms with Gasteiger partial charge in [-0.05, 0) is 24.6 Å². The number of aromatic nitrogens is 2. The molecule has 0 amide bonds. The molecule has 0 bridgehead atoms. The minimum absolute atomic E-state index is 0.173. The highest BCUT2D eigenvalue weighted by molar-refractivity contribution is 5.57. The number of benzene rings is 1. The van der Waals surface area contributed by atoms with Crippen LogP contribution in [0.25, 0.3) is 0 Å². The Labute approximate surface area is 122 Å². The van der Waals surface area contributed by atoms with Crippen molar-refractivity contribution >= 4 is 17.5 Å². The van der Waals surface area contributed by atoms with E-state index >= 15 is 0 Å². The lowest BCUT2D eigenvalue weighted by Crippen LogP contribution is -2.06. The van der Waals surface area contributed by atoms with Gasteiger partial charge in [-0.25, -0.2) is 13.8 Å². The standard InChI is InChI=1S/C15H18F2N4/c1-2-3-4-8-18-15-19-9-7-14(21-15)20-13-6-5-11(16)10-12(13)17/h5-7,9-10H,2-4,8H2,1H3,(H2,18,19,20,21). The van der Waals surface area contributed by atoms with E-state index < -0.39 is 11.6 Å². The van der Waals surface area contributed by atoms with Crippen molar-refractivity contribution < 1.29 is 8.78 Å². The quantitative estimate of drug-likeness (QED) is 0.754. The molecule has 0 saturated heterocycles. The Morgan fingerprint density at radius 1 is 1.14 bits per heavy atom. The Bertz CT molecular complexity index is 590. The SMILES string of the molecule is CCCCCNc1nccc(Nc2ccc(F)cc2F)n1. The van der Waals surface area contributed by atoms with Crippen LogP contribution in [0.3, 0.4) is 0 Å². The molecule has 2 rings (SSSR count). The van der Waals surface area contributed by atoms with E-state index in [9.17, 15) is 8.78 Å². The van der Waals surface area contributed by atoms with Crippen LogP contribution in [0, 0.1) is 11.6 Å². The van der Waals surface area contributed by atoms with E-state index in [-0.39, 0.29) is 5.69 Å².